The van der Waals surface area contributed by atoms with Gasteiger partial charge in [-0.25, -0.2) is 0 Å². The first-order valence-electron chi connectivity index (χ1n) is 4.76. The molecule has 0 aliphatic heterocycles. The van der Waals surface area contributed by atoms with Gasteiger partial charge in [0.1, 0.15) is 5.75 Å². The smallest absolute Gasteiger partial charge is 0.116 e. The summed E-state index contributed by atoms with van der Waals surface area (Å²) in [5.74, 6) is 0.369. The topological polar surface area (TPSA) is 20.2 Å². The zero-order chi connectivity index (χ0) is 9.26. The normalized spacial score (nSPS) is 15.9. The molecule has 0 saturated carbocycles. The molecule has 1 nitrogen and oxygen atoms in total. The molecule has 1 N–H and O–H groups in total. The van der Waals surface area contributed by atoms with Crippen LogP contribution in [0.5, 0.6) is 5.75 Å². The number of aromatic hydroxyl groups is 1. The molecule has 0 aromatic heterocycles. The summed E-state index contributed by atoms with van der Waals surface area (Å²) in [7, 11) is 0. The fourth-order valence-corrected chi connectivity index (χ4v) is 1.87. The fourth-order valence-electron chi connectivity index (χ4n) is 1.87. The number of benzene rings is 1. The van der Waals surface area contributed by atoms with Crippen LogP contribution in [0.3, 0.4) is 0 Å². The van der Waals surface area contributed by atoms with E-state index in [-0.39, 0.29) is 0 Å². The average Bonchev–Trinajstić information content (AvgIpc) is 2.61. The molecule has 2 rings (SSSR count). The van der Waals surface area contributed by atoms with Gasteiger partial charge in [0.05, 0.1) is 0 Å². The standard InChI is InChI=1S/C12H14O/c1-9-6-7-11(13)8-12(9)10-4-2-3-5-10/h4,6-8,13H,2-3,5H2,1H3. The predicted octanol–water partition coefficient (Wildman–Crippen LogP) is 3.27. The lowest BCUT2D eigenvalue weighted by atomic mass is 10.00. The zero-order valence-corrected chi connectivity index (χ0v) is 7.88. The van der Waals surface area contributed by atoms with E-state index in [2.05, 4.69) is 13.0 Å². The van der Waals surface area contributed by atoms with Crippen molar-refractivity contribution in [3.05, 3.63) is 35.4 Å². The van der Waals surface area contributed by atoms with Gasteiger partial charge in [0.2, 0.25) is 0 Å². The maximum atomic E-state index is 9.37. The van der Waals surface area contributed by atoms with Crippen molar-refractivity contribution in [2.45, 2.75) is 26.2 Å². The minimum absolute atomic E-state index is 0.369. The van der Waals surface area contributed by atoms with Crippen LogP contribution in [0.2, 0.25) is 0 Å². The molecule has 13 heavy (non-hydrogen) atoms. The van der Waals surface area contributed by atoms with Crippen molar-refractivity contribution >= 4 is 5.57 Å². The molecule has 0 bridgehead atoms. The van der Waals surface area contributed by atoms with Crippen molar-refractivity contribution in [3.63, 3.8) is 0 Å². The Morgan fingerprint density at radius 2 is 2.15 bits per heavy atom. The van der Waals surface area contributed by atoms with Crippen LogP contribution in [-0.4, -0.2) is 5.11 Å². The Hall–Kier alpha value is -1.24. The van der Waals surface area contributed by atoms with Crippen LogP contribution in [0, 0.1) is 6.92 Å². The molecular formula is C12H14O. The Morgan fingerprint density at radius 1 is 1.31 bits per heavy atom. The second kappa shape index (κ2) is 3.25. The average molecular weight is 174 g/mol. The summed E-state index contributed by atoms with van der Waals surface area (Å²) in [4.78, 5) is 0. The second-order valence-corrected chi connectivity index (χ2v) is 3.62. The molecule has 1 aromatic carbocycles. The highest BCUT2D eigenvalue weighted by Gasteiger charge is 2.09. The van der Waals surface area contributed by atoms with Gasteiger partial charge in [-0.15, -0.1) is 0 Å². The molecule has 1 aromatic rings. The van der Waals surface area contributed by atoms with Crippen LogP contribution in [0.25, 0.3) is 5.57 Å². The van der Waals surface area contributed by atoms with Gasteiger partial charge in [0, 0.05) is 0 Å². The molecule has 0 radical (unpaired) electrons. The maximum absolute atomic E-state index is 9.37. The molecule has 0 fully saturated rings. The third-order valence-electron chi connectivity index (χ3n) is 2.61. The van der Waals surface area contributed by atoms with Gasteiger partial charge in [0.15, 0.2) is 0 Å². The van der Waals surface area contributed by atoms with Crippen molar-refractivity contribution in [1.29, 1.82) is 0 Å². The van der Waals surface area contributed by atoms with Crippen LogP contribution in [0.4, 0.5) is 0 Å². The Kier molecular flexibility index (Phi) is 2.09. The van der Waals surface area contributed by atoms with Gasteiger partial charge in [-0.05, 0) is 55.0 Å². The van der Waals surface area contributed by atoms with Gasteiger partial charge in [-0.3, -0.25) is 0 Å². The molecule has 0 spiro atoms. The Balaban J connectivity index is 2.43. The van der Waals surface area contributed by atoms with Gasteiger partial charge in [-0.1, -0.05) is 12.1 Å². The first-order valence-corrected chi connectivity index (χ1v) is 4.76. The van der Waals surface area contributed by atoms with Crippen LogP contribution < -0.4 is 0 Å². The molecule has 1 heteroatoms. The molecule has 0 heterocycles. The number of hydrogen-bond acceptors (Lipinski definition) is 1. The quantitative estimate of drug-likeness (QED) is 0.692. The van der Waals surface area contributed by atoms with Crippen molar-refractivity contribution in [2.24, 2.45) is 0 Å². The number of allylic oxidation sites excluding steroid dienone is 2. The molecule has 0 amide bonds. The van der Waals surface area contributed by atoms with E-state index in [9.17, 15) is 5.11 Å². The lowest BCUT2D eigenvalue weighted by Crippen LogP contribution is -1.85. The summed E-state index contributed by atoms with van der Waals surface area (Å²) in [5, 5.41) is 9.37. The monoisotopic (exact) mass is 174 g/mol. The highest BCUT2D eigenvalue weighted by Crippen LogP contribution is 2.31. The maximum Gasteiger partial charge on any atom is 0.116 e. The zero-order valence-electron chi connectivity index (χ0n) is 7.88. The van der Waals surface area contributed by atoms with Crippen LogP contribution in [-0.2, 0) is 0 Å². The lowest BCUT2D eigenvalue weighted by molar-refractivity contribution is 0.475. The van der Waals surface area contributed by atoms with Crippen LogP contribution in [0.15, 0.2) is 24.3 Å². The fraction of sp³-hybridized carbons (Fsp3) is 0.333. The van der Waals surface area contributed by atoms with E-state index in [1.54, 1.807) is 6.07 Å². The molecular weight excluding hydrogens is 160 g/mol. The Bertz CT molecular complexity index is 350. The number of aryl methyl sites for hydroxylation is 1. The van der Waals surface area contributed by atoms with Crippen LogP contribution in [0.1, 0.15) is 30.4 Å². The predicted molar refractivity (Wildman–Crippen MR) is 54.7 cm³/mol. The van der Waals surface area contributed by atoms with E-state index in [0.29, 0.717) is 5.75 Å². The molecule has 68 valence electrons. The molecule has 0 unspecified atom stereocenters. The van der Waals surface area contributed by atoms with Crippen molar-refractivity contribution in [1.82, 2.24) is 0 Å². The van der Waals surface area contributed by atoms with Gasteiger partial charge in [0.25, 0.3) is 0 Å². The van der Waals surface area contributed by atoms with E-state index in [4.69, 9.17) is 0 Å². The minimum atomic E-state index is 0.369. The molecule has 0 saturated heterocycles. The number of hydrogen-bond donors (Lipinski definition) is 1. The molecule has 1 aliphatic rings. The number of phenols is 1. The van der Waals surface area contributed by atoms with Crippen molar-refractivity contribution < 1.29 is 5.11 Å². The van der Waals surface area contributed by atoms with E-state index < -0.39 is 0 Å². The van der Waals surface area contributed by atoms with Gasteiger partial charge >= 0.3 is 0 Å². The highest BCUT2D eigenvalue weighted by atomic mass is 16.3. The SMILES string of the molecule is Cc1ccc(O)cc1C1=CCCC1. The summed E-state index contributed by atoms with van der Waals surface area (Å²) in [6.45, 7) is 2.09. The molecule has 1 aliphatic carbocycles. The van der Waals surface area contributed by atoms with E-state index >= 15 is 0 Å². The minimum Gasteiger partial charge on any atom is -0.508 e. The lowest BCUT2D eigenvalue weighted by Gasteiger charge is -2.06. The number of phenolic OH excluding ortho intramolecular Hbond substituents is 1. The third kappa shape index (κ3) is 1.59. The second-order valence-electron chi connectivity index (χ2n) is 3.62. The van der Waals surface area contributed by atoms with Gasteiger partial charge in [-0.2, -0.15) is 0 Å². The summed E-state index contributed by atoms with van der Waals surface area (Å²) >= 11 is 0. The highest BCUT2D eigenvalue weighted by molar-refractivity contribution is 5.70. The van der Waals surface area contributed by atoms with E-state index in [1.165, 1.54) is 29.5 Å². The summed E-state index contributed by atoms with van der Waals surface area (Å²) < 4.78 is 0. The Labute approximate surface area is 78.7 Å². The van der Waals surface area contributed by atoms with Crippen LogP contribution >= 0.6 is 0 Å². The first-order chi connectivity index (χ1) is 6.27. The first kappa shape index (κ1) is 8.36. The molecule has 0 atom stereocenters. The third-order valence-corrected chi connectivity index (χ3v) is 2.61. The largest absolute Gasteiger partial charge is 0.508 e. The number of rotatable bonds is 1. The van der Waals surface area contributed by atoms with E-state index in [0.717, 1.165) is 6.42 Å². The van der Waals surface area contributed by atoms with Crippen molar-refractivity contribution in [3.8, 4) is 5.75 Å². The van der Waals surface area contributed by atoms with E-state index in [1.807, 2.05) is 12.1 Å². The Morgan fingerprint density at radius 3 is 2.85 bits per heavy atom. The summed E-state index contributed by atoms with van der Waals surface area (Å²) in [5.41, 5.74) is 3.87. The summed E-state index contributed by atoms with van der Waals surface area (Å²) in [6, 6.07) is 5.59. The van der Waals surface area contributed by atoms with Crippen molar-refractivity contribution in [2.75, 3.05) is 0 Å². The summed E-state index contributed by atoms with van der Waals surface area (Å²) in [6.07, 6.45) is 5.88. The van der Waals surface area contributed by atoms with Gasteiger partial charge < -0.3 is 5.11 Å².